The van der Waals surface area contributed by atoms with E-state index >= 15 is 0 Å². The van der Waals surface area contributed by atoms with Crippen molar-refractivity contribution >= 4 is 0 Å². The summed E-state index contributed by atoms with van der Waals surface area (Å²) in [6, 6.07) is 0. The highest BCUT2D eigenvalue weighted by molar-refractivity contribution is 4.91. The number of methoxy groups -OCH3 is 1. The van der Waals surface area contributed by atoms with Crippen molar-refractivity contribution < 1.29 is 10.2 Å². The van der Waals surface area contributed by atoms with Gasteiger partial charge in [0.1, 0.15) is 0 Å². The van der Waals surface area contributed by atoms with E-state index in [1.807, 2.05) is 0 Å². The fraction of sp³-hybridized carbons (Fsp3) is 1.00. The molecule has 1 fully saturated rings. The summed E-state index contributed by atoms with van der Waals surface area (Å²) in [6.45, 7) is 4.25. The summed E-state index contributed by atoms with van der Waals surface area (Å²) in [6.07, 6.45) is 3.76. The Balaban J connectivity index is 0.000001000. The van der Waals surface area contributed by atoms with Crippen LogP contribution in [0.3, 0.4) is 0 Å². The van der Waals surface area contributed by atoms with Gasteiger partial charge in [-0.1, -0.05) is 6.92 Å². The quantitative estimate of drug-likeness (QED) is 0.649. The number of rotatable bonds is 3. The van der Waals surface area contributed by atoms with Gasteiger partial charge in [-0.2, -0.15) is 0 Å². The molecule has 0 spiro atoms. The van der Waals surface area contributed by atoms with Crippen molar-refractivity contribution in [2.45, 2.75) is 31.7 Å². The minimum atomic E-state index is 0. The molecule has 0 aromatic heterocycles. The van der Waals surface area contributed by atoms with Crippen LogP contribution in [-0.2, 0) is 4.74 Å². The molecule has 1 heterocycles. The summed E-state index contributed by atoms with van der Waals surface area (Å²) in [5.41, 5.74) is 0.314. The first-order chi connectivity index (χ1) is 4.83. The van der Waals surface area contributed by atoms with E-state index in [2.05, 4.69) is 12.2 Å². The van der Waals surface area contributed by atoms with Gasteiger partial charge in [0.15, 0.2) is 0 Å². The largest absolute Gasteiger partial charge is 0.412 e. The van der Waals surface area contributed by atoms with Crippen LogP contribution < -0.4 is 5.32 Å². The molecule has 0 aromatic carbocycles. The standard InChI is InChI=1S/C8H17NO.H2O/c1-3-8(7-10-2)5-4-6-9-8;/h9H,3-7H2,1-2H3;1H2. The summed E-state index contributed by atoms with van der Waals surface area (Å²) < 4.78 is 5.16. The molecule has 1 aliphatic rings. The third kappa shape index (κ3) is 2.43. The molecule has 0 aromatic rings. The molecule has 3 nitrogen and oxygen atoms in total. The van der Waals surface area contributed by atoms with Crippen molar-refractivity contribution in [3.05, 3.63) is 0 Å². The Bertz CT molecular complexity index is 100. The molecular formula is C8H19NO2. The molecule has 1 rings (SSSR count). The summed E-state index contributed by atoms with van der Waals surface area (Å²) in [5, 5.41) is 3.50. The van der Waals surface area contributed by atoms with Gasteiger partial charge in [0.05, 0.1) is 6.61 Å². The van der Waals surface area contributed by atoms with Crippen LogP contribution in [0.5, 0.6) is 0 Å². The van der Waals surface area contributed by atoms with Gasteiger partial charge < -0.3 is 15.5 Å². The fourth-order valence-corrected chi connectivity index (χ4v) is 1.67. The van der Waals surface area contributed by atoms with Crippen molar-refractivity contribution in [2.75, 3.05) is 20.3 Å². The van der Waals surface area contributed by atoms with Crippen LogP contribution in [0.2, 0.25) is 0 Å². The van der Waals surface area contributed by atoms with Crippen LogP contribution in [-0.4, -0.2) is 31.3 Å². The number of nitrogens with one attached hydrogen (secondary N) is 1. The lowest BCUT2D eigenvalue weighted by molar-refractivity contribution is 0.118. The SMILES string of the molecule is CCC1(COC)CCCN1.O. The number of hydrogen-bond acceptors (Lipinski definition) is 2. The van der Waals surface area contributed by atoms with E-state index < -0.39 is 0 Å². The Morgan fingerprint density at radius 1 is 1.55 bits per heavy atom. The Morgan fingerprint density at radius 2 is 2.27 bits per heavy atom. The number of ether oxygens (including phenoxy) is 1. The molecule has 1 saturated heterocycles. The highest BCUT2D eigenvalue weighted by atomic mass is 16.5. The fourth-order valence-electron chi connectivity index (χ4n) is 1.67. The molecule has 68 valence electrons. The predicted molar refractivity (Wildman–Crippen MR) is 45.7 cm³/mol. The lowest BCUT2D eigenvalue weighted by Crippen LogP contribution is -2.43. The zero-order valence-electron chi connectivity index (χ0n) is 7.44. The third-order valence-electron chi connectivity index (χ3n) is 2.43. The minimum absolute atomic E-state index is 0. The topological polar surface area (TPSA) is 52.8 Å². The van der Waals surface area contributed by atoms with Gasteiger partial charge >= 0.3 is 0 Å². The molecule has 0 saturated carbocycles. The van der Waals surface area contributed by atoms with Crippen LogP contribution >= 0.6 is 0 Å². The van der Waals surface area contributed by atoms with Crippen LogP contribution in [0.4, 0.5) is 0 Å². The zero-order chi connectivity index (χ0) is 7.45. The highest BCUT2D eigenvalue weighted by Gasteiger charge is 2.30. The first kappa shape index (κ1) is 10.9. The van der Waals surface area contributed by atoms with Gasteiger partial charge in [0, 0.05) is 12.6 Å². The van der Waals surface area contributed by atoms with Crippen molar-refractivity contribution in [3.63, 3.8) is 0 Å². The normalized spacial score (nSPS) is 30.0. The molecule has 1 atom stereocenters. The first-order valence-electron chi connectivity index (χ1n) is 4.07. The van der Waals surface area contributed by atoms with Gasteiger partial charge in [-0.25, -0.2) is 0 Å². The lowest BCUT2D eigenvalue weighted by atomic mass is 9.96. The van der Waals surface area contributed by atoms with Gasteiger partial charge in [-0.3, -0.25) is 0 Å². The van der Waals surface area contributed by atoms with E-state index in [-0.39, 0.29) is 5.48 Å². The molecule has 0 amide bonds. The zero-order valence-corrected chi connectivity index (χ0v) is 7.44. The minimum Gasteiger partial charge on any atom is -0.412 e. The molecule has 0 radical (unpaired) electrons. The summed E-state index contributed by atoms with van der Waals surface area (Å²) in [5.74, 6) is 0. The monoisotopic (exact) mass is 161 g/mol. The predicted octanol–water partition coefficient (Wildman–Crippen LogP) is 0.340. The maximum Gasteiger partial charge on any atom is 0.0644 e. The highest BCUT2D eigenvalue weighted by Crippen LogP contribution is 2.22. The first-order valence-corrected chi connectivity index (χ1v) is 4.07. The Kier molecular flexibility index (Phi) is 4.65. The summed E-state index contributed by atoms with van der Waals surface area (Å²) in [4.78, 5) is 0. The number of hydrogen-bond donors (Lipinski definition) is 1. The molecule has 1 unspecified atom stereocenters. The van der Waals surface area contributed by atoms with E-state index in [1.165, 1.54) is 19.3 Å². The van der Waals surface area contributed by atoms with Crippen molar-refractivity contribution in [1.29, 1.82) is 0 Å². The van der Waals surface area contributed by atoms with E-state index in [9.17, 15) is 0 Å². The molecule has 3 N–H and O–H groups in total. The molecule has 1 aliphatic heterocycles. The molecule has 0 aliphatic carbocycles. The molecule has 3 heteroatoms. The van der Waals surface area contributed by atoms with E-state index in [4.69, 9.17) is 4.74 Å². The van der Waals surface area contributed by atoms with E-state index in [0.29, 0.717) is 5.54 Å². The second kappa shape index (κ2) is 4.70. The van der Waals surface area contributed by atoms with Crippen molar-refractivity contribution in [3.8, 4) is 0 Å². The molecule has 11 heavy (non-hydrogen) atoms. The van der Waals surface area contributed by atoms with Crippen LogP contribution in [0, 0.1) is 0 Å². The second-order valence-electron chi connectivity index (χ2n) is 3.10. The van der Waals surface area contributed by atoms with Crippen molar-refractivity contribution in [2.24, 2.45) is 0 Å². The second-order valence-corrected chi connectivity index (χ2v) is 3.10. The van der Waals surface area contributed by atoms with Crippen molar-refractivity contribution in [1.82, 2.24) is 5.32 Å². The summed E-state index contributed by atoms with van der Waals surface area (Å²) >= 11 is 0. The van der Waals surface area contributed by atoms with Crippen LogP contribution in [0.15, 0.2) is 0 Å². The summed E-state index contributed by atoms with van der Waals surface area (Å²) in [7, 11) is 1.78. The van der Waals surface area contributed by atoms with Crippen LogP contribution in [0.1, 0.15) is 26.2 Å². The smallest absolute Gasteiger partial charge is 0.0644 e. The van der Waals surface area contributed by atoms with E-state index in [1.54, 1.807) is 7.11 Å². The average Bonchev–Trinajstić information content (AvgIpc) is 2.39. The van der Waals surface area contributed by atoms with Gasteiger partial charge in [0.25, 0.3) is 0 Å². The Morgan fingerprint density at radius 3 is 2.64 bits per heavy atom. The van der Waals surface area contributed by atoms with Gasteiger partial charge in [-0.15, -0.1) is 0 Å². The average molecular weight is 161 g/mol. The third-order valence-corrected chi connectivity index (χ3v) is 2.43. The van der Waals surface area contributed by atoms with E-state index in [0.717, 1.165) is 13.2 Å². The lowest BCUT2D eigenvalue weighted by Gasteiger charge is -2.26. The van der Waals surface area contributed by atoms with Gasteiger partial charge in [-0.05, 0) is 25.8 Å². The Labute approximate surface area is 68.4 Å². The maximum atomic E-state index is 5.16. The molecular weight excluding hydrogens is 142 g/mol. The molecule has 0 bridgehead atoms. The van der Waals surface area contributed by atoms with Gasteiger partial charge in [0.2, 0.25) is 0 Å². The van der Waals surface area contributed by atoms with Crippen LogP contribution in [0.25, 0.3) is 0 Å². The Hall–Kier alpha value is -0.120. The maximum absolute atomic E-state index is 5.16.